The smallest absolute Gasteiger partial charge is 0.329 e. The molecule has 4 nitrogen and oxygen atoms in total. The number of hydrogen-bond donors (Lipinski definition) is 1. The van der Waals surface area contributed by atoms with Crippen molar-refractivity contribution in [1.29, 1.82) is 0 Å². The molecule has 1 amide bonds. The molecule has 2 atom stereocenters. The molecule has 3 rings (SSSR count). The first-order valence-electron chi connectivity index (χ1n) is 6.82. The normalized spacial score (nSPS) is 19.9. The summed E-state index contributed by atoms with van der Waals surface area (Å²) in [4.78, 5) is 14.4. The molecule has 20 heavy (non-hydrogen) atoms. The lowest BCUT2D eigenvalue weighted by atomic mass is 10.1. The summed E-state index contributed by atoms with van der Waals surface area (Å²) in [5.41, 5.74) is 2.61. The van der Waals surface area contributed by atoms with Gasteiger partial charge < -0.3 is 10.0 Å². The molecule has 2 aromatic rings. The summed E-state index contributed by atoms with van der Waals surface area (Å²) >= 11 is 0. The number of carbonyl (C=O) groups excluding carboxylic acids is 1. The highest BCUT2D eigenvalue weighted by Crippen LogP contribution is 2.30. The number of aliphatic hydroxyl groups is 1. The molecule has 1 aliphatic rings. The lowest BCUT2D eigenvalue weighted by Crippen LogP contribution is -2.45. The summed E-state index contributed by atoms with van der Waals surface area (Å²) < 4.78 is 1.60. The number of rotatable bonds is 2. The predicted octanol–water partition coefficient (Wildman–Crippen LogP) is 2.87. The zero-order valence-corrected chi connectivity index (χ0v) is 11.7. The van der Waals surface area contributed by atoms with Crippen molar-refractivity contribution in [1.82, 2.24) is 9.47 Å². The van der Waals surface area contributed by atoms with E-state index in [0.717, 1.165) is 11.3 Å². The lowest BCUT2D eigenvalue weighted by molar-refractivity contribution is 0.0833. The summed E-state index contributed by atoms with van der Waals surface area (Å²) in [6.07, 6.45) is -0.632. The molecule has 0 fully saturated rings. The third-order valence-electron chi connectivity index (χ3n) is 4.00. The van der Waals surface area contributed by atoms with Crippen molar-refractivity contribution in [2.24, 2.45) is 0 Å². The Morgan fingerprint density at radius 1 is 1.20 bits per heavy atom. The molecule has 2 heterocycles. The molecule has 0 saturated carbocycles. The van der Waals surface area contributed by atoms with Gasteiger partial charge in [0.05, 0.1) is 18.3 Å². The molecule has 0 aliphatic carbocycles. The number of fused-ring (bicyclic) bond motifs is 1. The molecule has 1 aromatic carbocycles. The number of aryl methyl sites for hydroxylation is 1. The second-order valence-corrected chi connectivity index (χ2v) is 5.27. The van der Waals surface area contributed by atoms with E-state index in [2.05, 4.69) is 0 Å². The Morgan fingerprint density at radius 2 is 1.90 bits per heavy atom. The van der Waals surface area contributed by atoms with Gasteiger partial charge in [-0.3, -0.25) is 4.57 Å². The number of nitrogens with zero attached hydrogens (tertiary/aromatic N) is 2. The quantitative estimate of drug-likeness (QED) is 0.912. The second-order valence-electron chi connectivity index (χ2n) is 5.27. The average molecular weight is 270 g/mol. The number of benzene rings is 1. The molecule has 1 aromatic heterocycles. The van der Waals surface area contributed by atoms with Crippen LogP contribution in [0.1, 0.15) is 36.0 Å². The lowest BCUT2D eigenvalue weighted by Gasteiger charge is -2.36. The van der Waals surface area contributed by atoms with Gasteiger partial charge in [-0.2, -0.15) is 0 Å². The van der Waals surface area contributed by atoms with E-state index >= 15 is 0 Å². The minimum atomic E-state index is -0.632. The zero-order chi connectivity index (χ0) is 14.3. The Balaban J connectivity index is 1.97. The van der Waals surface area contributed by atoms with Crippen LogP contribution in [-0.4, -0.2) is 27.1 Å². The van der Waals surface area contributed by atoms with E-state index in [1.807, 2.05) is 56.3 Å². The van der Waals surface area contributed by atoms with E-state index in [1.165, 1.54) is 0 Å². The maximum Gasteiger partial charge on any atom is 0.329 e. The van der Waals surface area contributed by atoms with Crippen LogP contribution in [0.3, 0.4) is 0 Å². The van der Waals surface area contributed by atoms with Gasteiger partial charge >= 0.3 is 6.03 Å². The summed E-state index contributed by atoms with van der Waals surface area (Å²) in [7, 11) is 0. The molecule has 0 bridgehead atoms. The summed E-state index contributed by atoms with van der Waals surface area (Å²) in [6.45, 7) is 4.20. The number of carbonyl (C=O) groups is 1. The van der Waals surface area contributed by atoms with Crippen molar-refractivity contribution in [2.45, 2.75) is 26.0 Å². The van der Waals surface area contributed by atoms with Crippen molar-refractivity contribution < 1.29 is 9.90 Å². The average Bonchev–Trinajstić information content (AvgIpc) is 2.86. The molecule has 0 spiro atoms. The Hall–Kier alpha value is -2.07. The van der Waals surface area contributed by atoms with Crippen LogP contribution in [0.4, 0.5) is 4.79 Å². The fourth-order valence-corrected chi connectivity index (χ4v) is 2.80. The van der Waals surface area contributed by atoms with Crippen LogP contribution in [0, 0.1) is 6.92 Å². The molecule has 1 N–H and O–H groups in total. The molecule has 1 aliphatic heterocycles. The van der Waals surface area contributed by atoms with Gasteiger partial charge in [-0.25, -0.2) is 4.79 Å². The van der Waals surface area contributed by atoms with E-state index < -0.39 is 6.10 Å². The van der Waals surface area contributed by atoms with E-state index in [0.29, 0.717) is 12.2 Å². The maximum absolute atomic E-state index is 12.6. The topological polar surface area (TPSA) is 45.5 Å². The van der Waals surface area contributed by atoms with Crippen molar-refractivity contribution in [3.63, 3.8) is 0 Å². The second kappa shape index (κ2) is 4.80. The van der Waals surface area contributed by atoms with Crippen LogP contribution in [-0.2, 0) is 0 Å². The van der Waals surface area contributed by atoms with Crippen molar-refractivity contribution in [3.05, 3.63) is 59.4 Å². The number of aromatic nitrogens is 1. The van der Waals surface area contributed by atoms with E-state index in [-0.39, 0.29) is 12.1 Å². The van der Waals surface area contributed by atoms with Crippen LogP contribution in [0.25, 0.3) is 0 Å². The van der Waals surface area contributed by atoms with Gasteiger partial charge in [0.2, 0.25) is 0 Å². The van der Waals surface area contributed by atoms with Crippen molar-refractivity contribution in [3.8, 4) is 0 Å². The molecule has 0 unspecified atom stereocenters. The molecular weight excluding hydrogens is 252 g/mol. The highest BCUT2D eigenvalue weighted by molar-refractivity contribution is 5.80. The van der Waals surface area contributed by atoms with E-state index in [9.17, 15) is 9.90 Å². The van der Waals surface area contributed by atoms with Gasteiger partial charge in [-0.15, -0.1) is 0 Å². The van der Waals surface area contributed by atoms with E-state index in [4.69, 9.17) is 0 Å². The summed E-state index contributed by atoms with van der Waals surface area (Å²) in [6, 6.07) is 13.4. The first-order valence-corrected chi connectivity index (χ1v) is 6.82. The fourth-order valence-electron chi connectivity index (χ4n) is 2.80. The number of β-amino-alcohol motifs (C(OH)–C–C–N with tert-alkyl or cyclic N) is 1. The monoisotopic (exact) mass is 270 g/mol. The Bertz CT molecular complexity index is 633. The van der Waals surface area contributed by atoms with Crippen molar-refractivity contribution >= 4 is 6.03 Å². The molecule has 4 heteroatoms. The Morgan fingerprint density at radius 3 is 2.60 bits per heavy atom. The molecule has 0 saturated heterocycles. The Labute approximate surface area is 118 Å². The first-order chi connectivity index (χ1) is 9.59. The maximum atomic E-state index is 12.6. The van der Waals surface area contributed by atoms with Gasteiger partial charge in [0.1, 0.15) is 6.10 Å². The third kappa shape index (κ3) is 1.93. The van der Waals surface area contributed by atoms with Crippen LogP contribution < -0.4 is 0 Å². The van der Waals surface area contributed by atoms with Crippen LogP contribution in [0.2, 0.25) is 0 Å². The minimum absolute atomic E-state index is 0.0618. The number of amides is 1. The summed E-state index contributed by atoms with van der Waals surface area (Å²) in [5.74, 6) is 0. The Kier molecular flexibility index (Phi) is 3.10. The van der Waals surface area contributed by atoms with Gasteiger partial charge in [0.15, 0.2) is 0 Å². The molecule has 104 valence electrons. The third-order valence-corrected chi connectivity index (χ3v) is 4.00. The largest absolute Gasteiger partial charge is 0.385 e. The highest BCUT2D eigenvalue weighted by atomic mass is 16.3. The summed E-state index contributed by atoms with van der Waals surface area (Å²) in [5, 5.41) is 10.2. The standard InChI is InChI=1S/C16H18N2O2/c1-11-8-9-14-15(19)10-17(16(20)18(11)14)12(2)13-6-4-3-5-7-13/h3-9,12,15,19H,10H2,1-2H3/t12-,15-/m0/s1. The van der Waals surface area contributed by atoms with Crippen LogP contribution in [0.5, 0.6) is 0 Å². The number of hydrogen-bond acceptors (Lipinski definition) is 2. The highest BCUT2D eigenvalue weighted by Gasteiger charge is 2.33. The SMILES string of the molecule is Cc1ccc2n1C(=O)N([C@@H](C)c1ccccc1)C[C@@H]2O. The van der Waals surface area contributed by atoms with E-state index in [1.54, 1.807) is 9.47 Å². The van der Waals surface area contributed by atoms with Gasteiger partial charge in [-0.1, -0.05) is 30.3 Å². The minimum Gasteiger partial charge on any atom is -0.385 e. The van der Waals surface area contributed by atoms with Gasteiger partial charge in [0.25, 0.3) is 0 Å². The fraction of sp³-hybridized carbons (Fsp3) is 0.312. The zero-order valence-electron chi connectivity index (χ0n) is 11.7. The predicted molar refractivity (Wildman–Crippen MR) is 76.5 cm³/mol. The first kappa shape index (κ1) is 12.9. The number of aliphatic hydroxyl groups excluding tert-OH is 1. The molecular formula is C16H18N2O2. The van der Waals surface area contributed by atoms with Crippen LogP contribution >= 0.6 is 0 Å². The molecule has 0 radical (unpaired) electrons. The van der Waals surface area contributed by atoms with Gasteiger partial charge in [0, 0.05) is 5.69 Å². The van der Waals surface area contributed by atoms with Crippen molar-refractivity contribution in [2.75, 3.05) is 6.54 Å². The van der Waals surface area contributed by atoms with Crippen LogP contribution in [0.15, 0.2) is 42.5 Å². The van der Waals surface area contributed by atoms with Gasteiger partial charge in [-0.05, 0) is 31.5 Å².